The SMILES string of the molecule is Cc1cc(-c2nc(-c3ccccc3)nc(-c3ccccc3)n2)cc(C)c1N1c2ccccc2C(c2ccccc2)(c2cc(-c3ccccc3)c3sc4ccccc4c3c2)c2ccccc21.c1ccc(-c2nc(-c3ccccc3)nc(-c3ccc(N4c5ccccc5C(c5ccccc5)(c5cccc6c5oc5ccccc56)c5ccc(-c6ccc7c(c6)c6ccccc6n7-c6ccccc6)cc54)cc3)n2)cc1. The van der Waals surface area contributed by atoms with Gasteiger partial charge in [-0.2, -0.15) is 0 Å². The summed E-state index contributed by atoms with van der Waals surface area (Å²) in [7, 11) is 0. The van der Waals surface area contributed by atoms with Crippen molar-refractivity contribution in [1.82, 2.24) is 34.5 Å². The summed E-state index contributed by atoms with van der Waals surface area (Å²) in [4.78, 5) is 35.3. The van der Waals surface area contributed by atoms with Crippen LogP contribution in [0.1, 0.15) is 55.6 Å². The van der Waals surface area contributed by atoms with E-state index in [2.05, 4.69) is 423 Å². The third-order valence-corrected chi connectivity index (χ3v) is 29.5. The van der Waals surface area contributed by atoms with Crippen LogP contribution in [0.25, 0.3) is 160 Å². The quantitative estimate of drug-likeness (QED) is 0.0993. The minimum atomic E-state index is -0.810. The molecule has 0 spiro atoms. The number of rotatable bonds is 15. The molecule has 664 valence electrons. The second-order valence-corrected chi connectivity index (χ2v) is 37.4. The summed E-state index contributed by atoms with van der Waals surface area (Å²) >= 11 is 1.88. The van der Waals surface area contributed by atoms with Crippen LogP contribution in [0, 0.1) is 13.8 Å². The minimum Gasteiger partial charge on any atom is -0.456 e. The van der Waals surface area contributed by atoms with Crippen molar-refractivity contribution in [3.05, 3.63) is 547 Å². The lowest BCUT2D eigenvalue weighted by Gasteiger charge is -2.47. The molecule has 5 aromatic heterocycles. The Morgan fingerprint density at radius 2 is 0.631 bits per heavy atom. The van der Waals surface area contributed by atoms with Gasteiger partial charge in [0, 0.05) is 92.0 Å². The molecule has 1 unspecified atom stereocenters. The van der Waals surface area contributed by atoms with E-state index in [4.69, 9.17) is 34.3 Å². The number of thiophene rings is 1. The number of aryl methyl sites for hydroxylation is 2. The van der Waals surface area contributed by atoms with Crippen molar-refractivity contribution < 1.29 is 4.42 Å². The normalized spacial score (nSPS) is 13.5. The number of anilines is 6. The van der Waals surface area contributed by atoms with Gasteiger partial charge in [0.1, 0.15) is 11.2 Å². The number of furan rings is 1. The molecule has 1 atom stereocenters. The lowest BCUT2D eigenvalue weighted by atomic mass is 9.62. The van der Waals surface area contributed by atoms with Crippen LogP contribution in [0.2, 0.25) is 0 Å². The van der Waals surface area contributed by atoms with Gasteiger partial charge in [-0.15, -0.1) is 11.3 Å². The number of fused-ring (bicyclic) bond motifs is 13. The van der Waals surface area contributed by atoms with Crippen molar-refractivity contribution in [2.75, 3.05) is 9.80 Å². The van der Waals surface area contributed by atoms with Gasteiger partial charge in [-0.25, -0.2) is 29.9 Å². The van der Waals surface area contributed by atoms with E-state index in [-0.39, 0.29) is 0 Å². The van der Waals surface area contributed by atoms with Gasteiger partial charge in [-0.1, -0.05) is 376 Å². The summed E-state index contributed by atoms with van der Waals surface area (Å²) in [6.07, 6.45) is 0. The maximum atomic E-state index is 7.02. The number of aromatic nitrogens is 7. The average Bonchev–Trinajstić information content (AvgIpc) is 1.45. The molecule has 0 saturated heterocycles. The summed E-state index contributed by atoms with van der Waals surface area (Å²) in [6, 6.07) is 176. The predicted molar refractivity (Wildman–Crippen MR) is 580 cm³/mol. The summed E-state index contributed by atoms with van der Waals surface area (Å²) in [5, 5.41) is 7.16. The number of hydrogen-bond acceptors (Lipinski definition) is 10. The molecule has 0 amide bonds. The Balaban J connectivity index is 0.000000147. The minimum absolute atomic E-state index is 0.604. The fraction of sp³-hybridized carbons (Fsp3) is 0.0308. The first-order chi connectivity index (χ1) is 69.7. The van der Waals surface area contributed by atoms with Crippen molar-refractivity contribution in [3.63, 3.8) is 0 Å². The highest BCUT2D eigenvalue weighted by atomic mass is 32.1. The molecule has 11 heteroatoms. The molecule has 0 radical (unpaired) electrons. The smallest absolute Gasteiger partial charge is 0.164 e. The maximum Gasteiger partial charge on any atom is 0.164 e. The van der Waals surface area contributed by atoms with Crippen LogP contribution in [0.4, 0.5) is 34.1 Å². The first kappa shape index (κ1) is 83.4. The number of hydrogen-bond donors (Lipinski definition) is 0. The van der Waals surface area contributed by atoms with E-state index in [1.54, 1.807) is 0 Å². The van der Waals surface area contributed by atoms with Crippen molar-refractivity contribution in [3.8, 4) is 96.3 Å². The maximum absolute atomic E-state index is 7.02. The molecule has 7 heterocycles. The van der Waals surface area contributed by atoms with Gasteiger partial charge in [-0.3, -0.25) is 0 Å². The van der Waals surface area contributed by atoms with E-state index in [1.165, 1.54) is 69.8 Å². The molecule has 0 aliphatic carbocycles. The largest absolute Gasteiger partial charge is 0.456 e. The predicted octanol–water partition coefficient (Wildman–Crippen LogP) is 33.4. The lowest BCUT2D eigenvalue weighted by Crippen LogP contribution is -2.38. The Morgan fingerprint density at radius 1 is 0.234 bits per heavy atom. The summed E-state index contributed by atoms with van der Waals surface area (Å²) in [6.45, 7) is 4.44. The zero-order valence-electron chi connectivity index (χ0n) is 77.1. The average molecular weight is 1820 g/mol. The van der Waals surface area contributed by atoms with E-state index in [0.29, 0.717) is 34.9 Å². The molecular weight excluding hydrogens is 1740 g/mol. The van der Waals surface area contributed by atoms with Gasteiger partial charge in [0.15, 0.2) is 34.9 Å². The van der Waals surface area contributed by atoms with Gasteiger partial charge in [-0.05, 0) is 201 Å². The molecule has 0 bridgehead atoms. The first-order valence-electron chi connectivity index (χ1n) is 47.9. The van der Waals surface area contributed by atoms with Crippen molar-refractivity contribution in [2.45, 2.75) is 24.7 Å². The standard InChI is InChI=1S/C70H45N5O.C60H42N4S/c1-5-20-46(21-6-1)67-71-68(47-22-7-2-8-23-47)73-69(72-67)48-36-40-53(41-37-48)75-63-34-17-15-31-58(63)70(51-24-9-3-10-25-51,60-32-19-30-56-55-29-14-18-35-65(55)76-66(56)60)59-42-38-50(45-64(59)75)49-39-43-62-57(44-49)54-28-13-16-33-61(54)74(62)52-26-11-4-12-27-52;1-39-35-44(59-62-57(42-23-9-4-10-24-42)61-58(63-59)43-25-11-5-12-26-43)36-40(2)55(39)64-52-32-18-16-30-50(52)60(45-27-13-6-14-28-45,51-31-17-19-33-53(51)64)46-37-48(41-21-7-3-8-22-41)56-49(38-46)47-29-15-20-34-54(47)65-56/h1-45H;3-38H,1-2H3. The van der Waals surface area contributed by atoms with E-state index < -0.39 is 10.8 Å². The zero-order chi connectivity index (χ0) is 93.6. The van der Waals surface area contributed by atoms with Crippen molar-refractivity contribution in [2.24, 2.45) is 0 Å². The van der Waals surface area contributed by atoms with Crippen molar-refractivity contribution >= 4 is 109 Å². The molecule has 20 aromatic carbocycles. The van der Waals surface area contributed by atoms with Crippen LogP contribution in [0.15, 0.2) is 496 Å². The molecule has 0 N–H and O–H groups in total. The van der Waals surface area contributed by atoms with Crippen LogP contribution < -0.4 is 9.80 Å². The molecular formula is C130H87N9OS. The van der Waals surface area contributed by atoms with Gasteiger partial charge < -0.3 is 18.8 Å². The fourth-order valence-corrected chi connectivity index (χ4v) is 23.4. The Bertz CT molecular complexity index is 8950. The highest BCUT2D eigenvalue weighted by Gasteiger charge is 2.50. The van der Waals surface area contributed by atoms with E-state index in [9.17, 15) is 0 Å². The Labute approximate surface area is 820 Å². The highest BCUT2D eigenvalue weighted by molar-refractivity contribution is 7.26. The van der Waals surface area contributed by atoms with Gasteiger partial charge >= 0.3 is 0 Å². The Morgan fingerprint density at radius 3 is 1.19 bits per heavy atom. The first-order valence-corrected chi connectivity index (χ1v) is 48.7. The summed E-state index contributed by atoms with van der Waals surface area (Å²) in [5.41, 5.74) is 32.2. The van der Waals surface area contributed by atoms with Gasteiger partial charge in [0.05, 0.1) is 50.3 Å². The Hall–Kier alpha value is -18.2. The molecule has 0 saturated carbocycles. The van der Waals surface area contributed by atoms with Crippen LogP contribution in [-0.2, 0) is 10.8 Å². The van der Waals surface area contributed by atoms with Crippen LogP contribution in [0.5, 0.6) is 0 Å². The monoisotopic (exact) mass is 1820 g/mol. The molecule has 10 nitrogen and oxygen atoms in total. The Kier molecular flexibility index (Phi) is 20.5. The molecule has 141 heavy (non-hydrogen) atoms. The summed E-state index contributed by atoms with van der Waals surface area (Å²) in [5.74, 6) is 3.79. The topological polar surface area (TPSA) is 102 Å². The van der Waals surface area contributed by atoms with E-state index >= 15 is 0 Å². The second-order valence-electron chi connectivity index (χ2n) is 36.3. The third-order valence-electron chi connectivity index (χ3n) is 28.3. The second kappa shape index (κ2) is 34.6. The highest BCUT2D eigenvalue weighted by Crippen LogP contribution is 2.63. The molecule has 2 aliphatic rings. The molecule has 2 aliphatic heterocycles. The van der Waals surface area contributed by atoms with Crippen LogP contribution in [-0.4, -0.2) is 34.5 Å². The van der Waals surface area contributed by atoms with E-state index in [1.807, 2.05) is 108 Å². The van der Waals surface area contributed by atoms with Gasteiger partial charge in [0.2, 0.25) is 0 Å². The summed E-state index contributed by atoms with van der Waals surface area (Å²) < 4.78 is 12.0. The number of para-hydroxylation sites is 7. The van der Waals surface area contributed by atoms with E-state index in [0.717, 1.165) is 145 Å². The lowest BCUT2D eigenvalue weighted by molar-refractivity contribution is 0.643. The number of nitrogens with zero attached hydrogens (tertiary/aromatic N) is 9. The third kappa shape index (κ3) is 14.0. The molecule has 25 aromatic rings. The molecule has 0 fully saturated rings. The fourth-order valence-electron chi connectivity index (χ4n) is 22.2. The van der Waals surface area contributed by atoms with Crippen molar-refractivity contribution in [1.29, 1.82) is 0 Å². The number of benzene rings is 20. The molecule has 27 rings (SSSR count). The van der Waals surface area contributed by atoms with Gasteiger partial charge in [0.25, 0.3) is 0 Å². The van der Waals surface area contributed by atoms with Crippen LogP contribution >= 0.6 is 11.3 Å². The zero-order valence-corrected chi connectivity index (χ0v) is 77.9. The van der Waals surface area contributed by atoms with Crippen LogP contribution in [0.3, 0.4) is 0 Å².